The largest absolute Gasteiger partial charge is 0.493 e. The fraction of sp³-hybridized carbons (Fsp3) is 0.471. The number of benzene rings is 1. The number of carbonyl (C=O) groups is 3. The second-order valence-electron chi connectivity index (χ2n) is 6.00. The topological polar surface area (TPSA) is 84.9 Å². The number of rotatable bonds is 6. The maximum absolute atomic E-state index is 12.1. The minimum atomic E-state index is -1.03. The van der Waals surface area contributed by atoms with Crippen molar-refractivity contribution in [3.63, 3.8) is 0 Å². The smallest absolute Gasteiger partial charge is 0.338 e. The van der Waals surface area contributed by atoms with E-state index < -0.39 is 24.0 Å². The van der Waals surface area contributed by atoms with Crippen LogP contribution in [0.5, 0.6) is 5.75 Å². The van der Waals surface area contributed by atoms with E-state index in [0.717, 1.165) is 4.90 Å². The van der Waals surface area contributed by atoms with Crippen LogP contribution in [0.15, 0.2) is 24.3 Å². The van der Waals surface area contributed by atoms with Crippen molar-refractivity contribution in [2.24, 2.45) is 5.92 Å². The van der Waals surface area contributed by atoms with E-state index in [1.54, 1.807) is 24.3 Å². The Morgan fingerprint density at radius 2 is 1.88 bits per heavy atom. The summed E-state index contributed by atoms with van der Waals surface area (Å²) in [6.45, 7) is 6.82. The molecule has 7 heteroatoms. The molecule has 0 radical (unpaired) electrons. The number of ether oxygens (including phenoxy) is 2. The Morgan fingerprint density at radius 1 is 1.21 bits per heavy atom. The molecule has 7 nitrogen and oxygen atoms in total. The van der Waals surface area contributed by atoms with Crippen LogP contribution in [0.1, 0.15) is 31.1 Å². The predicted octanol–water partition coefficient (Wildman–Crippen LogP) is 1.82. The Kier molecular flexibility index (Phi) is 5.78. The van der Waals surface area contributed by atoms with E-state index in [1.165, 1.54) is 6.92 Å². The highest BCUT2D eigenvalue weighted by Crippen LogP contribution is 2.15. The highest BCUT2D eigenvalue weighted by molar-refractivity contribution is 5.99. The molecule has 1 aliphatic heterocycles. The molecule has 1 fully saturated rings. The zero-order valence-electron chi connectivity index (χ0n) is 14.1. The number of nitrogens with one attached hydrogen (secondary N) is 1. The number of hydrogen-bond donors (Lipinski definition) is 1. The Bertz CT molecular complexity index is 612. The van der Waals surface area contributed by atoms with Gasteiger partial charge in [-0.25, -0.2) is 9.59 Å². The van der Waals surface area contributed by atoms with E-state index in [0.29, 0.717) is 30.4 Å². The van der Waals surface area contributed by atoms with Crippen molar-refractivity contribution in [1.29, 1.82) is 0 Å². The summed E-state index contributed by atoms with van der Waals surface area (Å²) in [6.07, 6.45) is -1.03. The number of esters is 1. The van der Waals surface area contributed by atoms with Gasteiger partial charge in [0.2, 0.25) is 0 Å². The van der Waals surface area contributed by atoms with Crippen LogP contribution in [0.4, 0.5) is 4.79 Å². The fourth-order valence-corrected chi connectivity index (χ4v) is 2.13. The molecule has 0 aliphatic carbocycles. The summed E-state index contributed by atoms with van der Waals surface area (Å²) < 4.78 is 10.7. The summed E-state index contributed by atoms with van der Waals surface area (Å²) in [6, 6.07) is 6.06. The zero-order chi connectivity index (χ0) is 17.7. The van der Waals surface area contributed by atoms with Gasteiger partial charge in [-0.3, -0.25) is 9.69 Å². The third-order valence-electron chi connectivity index (χ3n) is 3.43. The SMILES string of the molecule is CC(C)COc1ccc(C(=O)O[C@H](C)C(=O)N2CCNC2=O)cc1. The first-order valence-electron chi connectivity index (χ1n) is 7.91. The molecule has 1 aliphatic rings. The number of hydrogen-bond acceptors (Lipinski definition) is 5. The molecular formula is C17H22N2O5. The average Bonchev–Trinajstić information content (AvgIpc) is 2.98. The van der Waals surface area contributed by atoms with Gasteiger partial charge < -0.3 is 14.8 Å². The summed E-state index contributed by atoms with van der Waals surface area (Å²) in [5, 5.41) is 2.53. The first-order chi connectivity index (χ1) is 11.4. The average molecular weight is 334 g/mol. The number of nitrogens with zero attached hydrogens (tertiary/aromatic N) is 1. The quantitative estimate of drug-likeness (QED) is 0.802. The fourth-order valence-electron chi connectivity index (χ4n) is 2.13. The second-order valence-corrected chi connectivity index (χ2v) is 6.00. The molecule has 3 amide bonds. The highest BCUT2D eigenvalue weighted by atomic mass is 16.5. The van der Waals surface area contributed by atoms with Gasteiger partial charge in [-0.05, 0) is 37.1 Å². The standard InChI is InChI=1S/C17H22N2O5/c1-11(2)10-23-14-6-4-13(5-7-14)16(21)24-12(3)15(20)19-9-8-18-17(19)22/h4-7,11-12H,8-10H2,1-3H3,(H,18,22)/t12-/m1/s1. The van der Waals surface area contributed by atoms with Gasteiger partial charge in [-0.2, -0.15) is 0 Å². The number of urea groups is 1. The molecule has 1 heterocycles. The summed E-state index contributed by atoms with van der Waals surface area (Å²) in [7, 11) is 0. The Labute approximate surface area is 140 Å². The van der Waals surface area contributed by atoms with Crippen LogP contribution < -0.4 is 10.1 Å². The lowest BCUT2D eigenvalue weighted by Crippen LogP contribution is -2.41. The van der Waals surface area contributed by atoms with Gasteiger partial charge in [-0.15, -0.1) is 0 Å². The van der Waals surface area contributed by atoms with Crippen LogP contribution in [0.2, 0.25) is 0 Å². The maximum Gasteiger partial charge on any atom is 0.338 e. The second kappa shape index (κ2) is 7.81. The van der Waals surface area contributed by atoms with E-state index >= 15 is 0 Å². The van der Waals surface area contributed by atoms with Gasteiger partial charge in [0.15, 0.2) is 6.10 Å². The van der Waals surface area contributed by atoms with E-state index in [-0.39, 0.29) is 6.54 Å². The normalized spacial score (nSPS) is 15.2. The Morgan fingerprint density at radius 3 is 2.42 bits per heavy atom. The van der Waals surface area contributed by atoms with E-state index in [4.69, 9.17) is 9.47 Å². The summed E-state index contributed by atoms with van der Waals surface area (Å²) in [5.74, 6) is -0.0801. The lowest BCUT2D eigenvalue weighted by Gasteiger charge is -2.18. The van der Waals surface area contributed by atoms with E-state index in [2.05, 4.69) is 5.32 Å². The van der Waals surface area contributed by atoms with Crippen LogP contribution in [-0.2, 0) is 9.53 Å². The molecule has 2 rings (SSSR count). The maximum atomic E-state index is 12.1. The lowest BCUT2D eigenvalue weighted by atomic mass is 10.2. The molecule has 1 atom stereocenters. The monoisotopic (exact) mass is 334 g/mol. The van der Waals surface area contributed by atoms with Crippen LogP contribution in [0.3, 0.4) is 0 Å². The van der Waals surface area contributed by atoms with Gasteiger partial charge in [0.05, 0.1) is 12.2 Å². The molecule has 0 saturated carbocycles. The van der Waals surface area contributed by atoms with Crippen molar-refractivity contribution in [3.8, 4) is 5.75 Å². The first-order valence-corrected chi connectivity index (χ1v) is 7.91. The van der Waals surface area contributed by atoms with Crippen molar-refractivity contribution in [2.75, 3.05) is 19.7 Å². The Hall–Kier alpha value is -2.57. The lowest BCUT2D eigenvalue weighted by molar-refractivity contribution is -0.136. The molecule has 1 aromatic rings. The molecular weight excluding hydrogens is 312 g/mol. The van der Waals surface area contributed by atoms with Crippen molar-refractivity contribution >= 4 is 17.9 Å². The molecule has 0 unspecified atom stereocenters. The van der Waals surface area contributed by atoms with Crippen LogP contribution in [-0.4, -0.2) is 48.6 Å². The van der Waals surface area contributed by atoms with Crippen molar-refractivity contribution in [2.45, 2.75) is 26.9 Å². The molecule has 0 aromatic heterocycles. The molecule has 1 saturated heterocycles. The molecule has 1 aromatic carbocycles. The summed E-state index contributed by atoms with van der Waals surface area (Å²) in [4.78, 5) is 36.7. The minimum Gasteiger partial charge on any atom is -0.493 e. The summed E-state index contributed by atoms with van der Waals surface area (Å²) >= 11 is 0. The third kappa shape index (κ3) is 4.47. The number of amides is 3. The van der Waals surface area contributed by atoms with Crippen molar-refractivity contribution < 1.29 is 23.9 Å². The predicted molar refractivity (Wildman–Crippen MR) is 86.8 cm³/mol. The van der Waals surface area contributed by atoms with Gasteiger partial charge in [0, 0.05) is 13.1 Å². The molecule has 0 spiro atoms. The van der Waals surface area contributed by atoms with Crippen LogP contribution >= 0.6 is 0 Å². The van der Waals surface area contributed by atoms with E-state index in [9.17, 15) is 14.4 Å². The third-order valence-corrected chi connectivity index (χ3v) is 3.43. The zero-order valence-corrected chi connectivity index (χ0v) is 14.1. The summed E-state index contributed by atoms with van der Waals surface area (Å²) in [5.41, 5.74) is 0.317. The van der Waals surface area contributed by atoms with Crippen LogP contribution in [0, 0.1) is 5.92 Å². The van der Waals surface area contributed by atoms with Gasteiger partial charge >= 0.3 is 12.0 Å². The van der Waals surface area contributed by atoms with Crippen molar-refractivity contribution in [3.05, 3.63) is 29.8 Å². The highest BCUT2D eigenvalue weighted by Gasteiger charge is 2.31. The molecule has 1 N–H and O–H groups in total. The van der Waals surface area contributed by atoms with Crippen molar-refractivity contribution in [1.82, 2.24) is 10.2 Å². The molecule has 24 heavy (non-hydrogen) atoms. The number of imide groups is 1. The number of carbonyl (C=O) groups excluding carboxylic acids is 3. The van der Waals surface area contributed by atoms with Gasteiger partial charge in [-0.1, -0.05) is 13.8 Å². The molecule has 0 bridgehead atoms. The Balaban J connectivity index is 1.91. The minimum absolute atomic E-state index is 0.279. The van der Waals surface area contributed by atoms with E-state index in [1.807, 2.05) is 13.8 Å². The first kappa shape index (κ1) is 17.8. The van der Waals surface area contributed by atoms with Gasteiger partial charge in [0.25, 0.3) is 5.91 Å². The molecule has 130 valence electrons. The van der Waals surface area contributed by atoms with Crippen LogP contribution in [0.25, 0.3) is 0 Å². The van der Waals surface area contributed by atoms with Gasteiger partial charge in [0.1, 0.15) is 5.75 Å².